The number of carbonyl (C=O) groups excluding carboxylic acids is 3. The van der Waals surface area contributed by atoms with E-state index in [1.165, 1.54) is 7.11 Å². The summed E-state index contributed by atoms with van der Waals surface area (Å²) in [6.45, 7) is 1.60. The summed E-state index contributed by atoms with van der Waals surface area (Å²) in [7, 11) is 1.32. The maximum Gasteiger partial charge on any atom is 0.337 e. The molecule has 0 radical (unpaired) electrons. The lowest BCUT2D eigenvalue weighted by Gasteiger charge is -2.31. The highest BCUT2D eigenvalue weighted by atomic mass is 16.5. The highest BCUT2D eigenvalue weighted by molar-refractivity contribution is 5.96. The molecule has 1 aliphatic heterocycles. The summed E-state index contributed by atoms with van der Waals surface area (Å²) in [5.41, 5.74) is 2.01. The third-order valence-corrected chi connectivity index (χ3v) is 5.02. The molecule has 3 rings (SSSR count). The van der Waals surface area contributed by atoms with Crippen LogP contribution in [0.1, 0.15) is 39.1 Å². The van der Waals surface area contributed by atoms with Gasteiger partial charge in [0.1, 0.15) is 0 Å². The molecule has 1 aliphatic rings. The zero-order valence-electron chi connectivity index (χ0n) is 15.9. The van der Waals surface area contributed by atoms with Gasteiger partial charge in [-0.1, -0.05) is 30.3 Å². The SMILES string of the molecule is COC(=O)c1ccc(C(=O)N2CCC(C(=O)NCc3ccccc3)CC2)cc1. The lowest BCUT2D eigenvalue weighted by Crippen LogP contribution is -2.42. The molecule has 6 nitrogen and oxygen atoms in total. The molecule has 1 saturated heterocycles. The van der Waals surface area contributed by atoms with Crippen molar-refractivity contribution in [2.45, 2.75) is 19.4 Å². The lowest BCUT2D eigenvalue weighted by molar-refractivity contribution is -0.126. The Hall–Kier alpha value is -3.15. The summed E-state index contributed by atoms with van der Waals surface area (Å²) in [5.74, 6) is -0.547. The maximum atomic E-state index is 12.6. The maximum absolute atomic E-state index is 12.6. The van der Waals surface area contributed by atoms with Gasteiger partial charge in [0, 0.05) is 31.1 Å². The second-order valence-corrected chi connectivity index (χ2v) is 6.84. The topological polar surface area (TPSA) is 75.7 Å². The molecule has 1 fully saturated rings. The minimum atomic E-state index is -0.429. The molecule has 2 aromatic carbocycles. The van der Waals surface area contributed by atoms with E-state index >= 15 is 0 Å². The lowest BCUT2D eigenvalue weighted by atomic mass is 9.95. The van der Waals surface area contributed by atoms with Crippen molar-refractivity contribution in [3.05, 3.63) is 71.3 Å². The Morgan fingerprint density at radius 3 is 2.18 bits per heavy atom. The number of piperidine rings is 1. The Bertz CT molecular complexity index is 825. The van der Waals surface area contributed by atoms with Gasteiger partial charge in [-0.25, -0.2) is 4.79 Å². The van der Waals surface area contributed by atoms with Gasteiger partial charge >= 0.3 is 5.97 Å². The molecule has 0 bridgehead atoms. The van der Waals surface area contributed by atoms with Crippen LogP contribution in [-0.2, 0) is 16.1 Å². The van der Waals surface area contributed by atoms with Gasteiger partial charge in [-0.15, -0.1) is 0 Å². The first-order valence-corrected chi connectivity index (χ1v) is 9.38. The van der Waals surface area contributed by atoms with Crippen LogP contribution >= 0.6 is 0 Å². The Balaban J connectivity index is 1.49. The van der Waals surface area contributed by atoms with E-state index in [2.05, 4.69) is 10.1 Å². The number of hydrogen-bond acceptors (Lipinski definition) is 4. The minimum absolute atomic E-state index is 0.0402. The number of esters is 1. The van der Waals surface area contributed by atoms with Crippen molar-refractivity contribution in [2.24, 2.45) is 5.92 Å². The molecule has 146 valence electrons. The monoisotopic (exact) mass is 380 g/mol. The van der Waals surface area contributed by atoms with Crippen molar-refractivity contribution in [3.63, 3.8) is 0 Å². The van der Waals surface area contributed by atoms with Gasteiger partial charge in [-0.3, -0.25) is 9.59 Å². The first-order valence-electron chi connectivity index (χ1n) is 9.38. The van der Waals surface area contributed by atoms with Crippen molar-refractivity contribution >= 4 is 17.8 Å². The molecule has 2 amide bonds. The van der Waals surface area contributed by atoms with Crippen molar-refractivity contribution in [3.8, 4) is 0 Å². The fourth-order valence-electron chi connectivity index (χ4n) is 3.32. The van der Waals surface area contributed by atoms with Crippen LogP contribution in [0.15, 0.2) is 54.6 Å². The Labute approximate surface area is 164 Å². The van der Waals surface area contributed by atoms with Crippen LogP contribution in [0.4, 0.5) is 0 Å². The first kappa shape index (κ1) is 19.6. The molecular formula is C22H24N2O4. The Morgan fingerprint density at radius 1 is 0.964 bits per heavy atom. The molecule has 0 saturated carbocycles. The van der Waals surface area contributed by atoms with Gasteiger partial charge in [-0.2, -0.15) is 0 Å². The average molecular weight is 380 g/mol. The number of nitrogens with one attached hydrogen (secondary N) is 1. The van der Waals surface area contributed by atoms with E-state index in [0.717, 1.165) is 5.56 Å². The van der Waals surface area contributed by atoms with Crippen LogP contribution in [0, 0.1) is 5.92 Å². The normalized spacial score (nSPS) is 14.4. The number of benzene rings is 2. The van der Waals surface area contributed by atoms with Gasteiger partial charge in [0.05, 0.1) is 12.7 Å². The summed E-state index contributed by atoms with van der Waals surface area (Å²) in [6, 6.07) is 16.2. The van der Waals surface area contributed by atoms with E-state index in [9.17, 15) is 14.4 Å². The molecule has 0 atom stereocenters. The highest BCUT2D eigenvalue weighted by Crippen LogP contribution is 2.20. The first-order chi connectivity index (χ1) is 13.6. The molecule has 1 N–H and O–H groups in total. The predicted molar refractivity (Wildman–Crippen MR) is 105 cm³/mol. The van der Waals surface area contributed by atoms with Gasteiger partial charge in [0.25, 0.3) is 5.91 Å². The zero-order chi connectivity index (χ0) is 19.9. The second-order valence-electron chi connectivity index (χ2n) is 6.84. The summed E-state index contributed by atoms with van der Waals surface area (Å²) < 4.78 is 4.66. The fourth-order valence-corrected chi connectivity index (χ4v) is 3.32. The van der Waals surface area contributed by atoms with Gasteiger partial charge in [-0.05, 0) is 42.7 Å². The van der Waals surface area contributed by atoms with Crippen LogP contribution < -0.4 is 5.32 Å². The number of amides is 2. The standard InChI is InChI=1S/C22H24N2O4/c1-28-22(27)19-9-7-18(8-10-19)21(26)24-13-11-17(12-14-24)20(25)23-15-16-5-3-2-4-6-16/h2-10,17H,11-15H2,1H3,(H,23,25). The van der Waals surface area contributed by atoms with E-state index < -0.39 is 5.97 Å². The number of ether oxygens (including phenoxy) is 1. The van der Waals surface area contributed by atoms with Gasteiger partial charge < -0.3 is 15.0 Å². The molecule has 28 heavy (non-hydrogen) atoms. The molecule has 0 unspecified atom stereocenters. The molecular weight excluding hydrogens is 356 g/mol. The third-order valence-electron chi connectivity index (χ3n) is 5.02. The van der Waals surface area contributed by atoms with Crippen molar-refractivity contribution in [1.29, 1.82) is 0 Å². The number of hydrogen-bond donors (Lipinski definition) is 1. The van der Waals surface area contributed by atoms with E-state index in [-0.39, 0.29) is 17.7 Å². The van der Waals surface area contributed by atoms with Crippen LogP contribution in [0.25, 0.3) is 0 Å². The number of nitrogens with zero attached hydrogens (tertiary/aromatic N) is 1. The van der Waals surface area contributed by atoms with Crippen LogP contribution in [0.5, 0.6) is 0 Å². The zero-order valence-corrected chi connectivity index (χ0v) is 15.9. The summed E-state index contributed by atoms with van der Waals surface area (Å²) in [4.78, 5) is 38.3. The highest BCUT2D eigenvalue weighted by Gasteiger charge is 2.27. The van der Waals surface area contributed by atoms with Gasteiger partial charge in [0.15, 0.2) is 0 Å². The third kappa shape index (κ3) is 4.76. The van der Waals surface area contributed by atoms with E-state index in [0.29, 0.717) is 43.6 Å². The Morgan fingerprint density at radius 2 is 1.57 bits per heavy atom. The fraction of sp³-hybridized carbons (Fsp3) is 0.318. The summed E-state index contributed by atoms with van der Waals surface area (Å²) in [6.07, 6.45) is 1.29. The molecule has 0 aromatic heterocycles. The molecule has 1 heterocycles. The molecule has 0 spiro atoms. The molecule has 6 heteroatoms. The van der Waals surface area contributed by atoms with Crippen LogP contribution in [0.2, 0.25) is 0 Å². The minimum Gasteiger partial charge on any atom is -0.465 e. The number of methoxy groups -OCH3 is 1. The Kier molecular flexibility index (Phi) is 6.42. The summed E-state index contributed by atoms with van der Waals surface area (Å²) in [5, 5.41) is 2.98. The molecule has 2 aromatic rings. The van der Waals surface area contributed by atoms with Crippen molar-refractivity contribution < 1.29 is 19.1 Å². The van der Waals surface area contributed by atoms with Crippen molar-refractivity contribution in [1.82, 2.24) is 10.2 Å². The van der Waals surface area contributed by atoms with E-state index in [4.69, 9.17) is 0 Å². The number of likely N-dealkylation sites (tertiary alicyclic amines) is 1. The van der Waals surface area contributed by atoms with Crippen molar-refractivity contribution in [2.75, 3.05) is 20.2 Å². The predicted octanol–water partition coefficient (Wildman–Crippen LogP) is 2.64. The molecule has 0 aliphatic carbocycles. The van der Waals surface area contributed by atoms with Crippen LogP contribution in [0.3, 0.4) is 0 Å². The average Bonchev–Trinajstić information content (AvgIpc) is 2.77. The number of carbonyl (C=O) groups is 3. The number of rotatable bonds is 5. The van der Waals surface area contributed by atoms with Gasteiger partial charge in [0.2, 0.25) is 5.91 Å². The van der Waals surface area contributed by atoms with E-state index in [1.807, 2.05) is 30.3 Å². The van der Waals surface area contributed by atoms with E-state index in [1.54, 1.807) is 29.2 Å². The summed E-state index contributed by atoms with van der Waals surface area (Å²) >= 11 is 0. The van der Waals surface area contributed by atoms with Crippen LogP contribution in [-0.4, -0.2) is 42.9 Å². The largest absolute Gasteiger partial charge is 0.465 e. The quantitative estimate of drug-likeness (QED) is 0.809. The smallest absolute Gasteiger partial charge is 0.337 e. The second kappa shape index (κ2) is 9.17.